The van der Waals surface area contributed by atoms with E-state index in [0.717, 1.165) is 24.9 Å². The van der Waals surface area contributed by atoms with Crippen molar-refractivity contribution in [2.24, 2.45) is 16.7 Å². The third-order valence-corrected chi connectivity index (χ3v) is 13.0. The van der Waals surface area contributed by atoms with Crippen molar-refractivity contribution >= 4 is 31.5 Å². The van der Waals surface area contributed by atoms with E-state index in [1.165, 1.54) is 11.8 Å². The van der Waals surface area contributed by atoms with Crippen LogP contribution in [0.3, 0.4) is 0 Å². The number of piperazine rings is 1. The molecular formula is C28H46N4O5S2. The second-order valence-corrected chi connectivity index (χ2v) is 17.0. The van der Waals surface area contributed by atoms with Crippen LogP contribution in [-0.4, -0.2) is 102 Å². The molecule has 1 N–H and O–H groups in total. The minimum atomic E-state index is -3.57. The summed E-state index contributed by atoms with van der Waals surface area (Å²) in [4.78, 5) is 17.4. The third-order valence-electron chi connectivity index (χ3n) is 9.96. The molecule has 2 bridgehead atoms. The van der Waals surface area contributed by atoms with Crippen LogP contribution in [0.2, 0.25) is 0 Å². The monoisotopic (exact) mass is 582 g/mol. The summed E-state index contributed by atoms with van der Waals surface area (Å²) in [5, 5.41) is 3.22. The van der Waals surface area contributed by atoms with Gasteiger partial charge in [-0.25, -0.2) is 16.8 Å². The fraction of sp³-hybridized carbons (Fsp3) is 0.750. The van der Waals surface area contributed by atoms with E-state index in [0.29, 0.717) is 32.1 Å². The largest absolute Gasteiger partial charge is 0.369 e. The molecule has 2 aliphatic carbocycles. The molecule has 1 aromatic carbocycles. The van der Waals surface area contributed by atoms with Crippen molar-refractivity contribution in [3.05, 3.63) is 29.8 Å². The molecule has 1 saturated heterocycles. The molecule has 0 aromatic heterocycles. The molecule has 3 fully saturated rings. The van der Waals surface area contributed by atoms with Gasteiger partial charge in [-0.2, -0.15) is 4.31 Å². The average Bonchev–Trinajstić information content (AvgIpc) is 3.18. The molecule has 9 nitrogen and oxygen atoms in total. The highest BCUT2D eigenvalue weighted by molar-refractivity contribution is 7.90. The second kappa shape index (κ2) is 10.9. The molecule has 1 aliphatic heterocycles. The number of para-hydroxylation sites is 1. The predicted molar refractivity (Wildman–Crippen MR) is 156 cm³/mol. The van der Waals surface area contributed by atoms with Gasteiger partial charge in [-0.3, -0.25) is 9.69 Å². The maximum atomic E-state index is 13.9. The van der Waals surface area contributed by atoms with Crippen LogP contribution in [0.25, 0.3) is 0 Å². The maximum Gasteiger partial charge on any atom is 0.237 e. The molecule has 220 valence electrons. The number of sulfone groups is 1. The number of aryl methyl sites for hydroxylation is 1. The van der Waals surface area contributed by atoms with Gasteiger partial charge in [0.1, 0.15) is 9.84 Å². The fourth-order valence-corrected chi connectivity index (χ4v) is 10.3. The summed E-state index contributed by atoms with van der Waals surface area (Å²) in [5.41, 5.74) is 1.54. The lowest BCUT2D eigenvalue weighted by Crippen LogP contribution is -2.58. The van der Waals surface area contributed by atoms with Gasteiger partial charge in [0.2, 0.25) is 15.9 Å². The van der Waals surface area contributed by atoms with Gasteiger partial charge in [0.05, 0.1) is 17.5 Å². The maximum absolute atomic E-state index is 13.9. The van der Waals surface area contributed by atoms with E-state index in [2.05, 4.69) is 43.1 Å². The molecule has 39 heavy (non-hydrogen) atoms. The number of nitrogens with zero attached hydrogens (tertiary/aromatic N) is 3. The lowest BCUT2D eigenvalue weighted by Gasteiger charge is -2.45. The first-order valence-electron chi connectivity index (χ1n) is 14.0. The summed E-state index contributed by atoms with van der Waals surface area (Å²) in [7, 11) is -3.23. The number of amides is 1. The van der Waals surface area contributed by atoms with Gasteiger partial charge in [0.25, 0.3) is 0 Å². The quantitative estimate of drug-likeness (QED) is 0.450. The molecule has 3 unspecified atom stereocenters. The summed E-state index contributed by atoms with van der Waals surface area (Å²) in [5.74, 6) is 0.0653. The normalized spacial score (nSPS) is 28.1. The van der Waals surface area contributed by atoms with Crippen molar-refractivity contribution in [2.75, 3.05) is 62.9 Å². The van der Waals surface area contributed by atoms with Gasteiger partial charge in [-0.15, -0.1) is 0 Å². The number of carbonyl (C=O) groups is 1. The van der Waals surface area contributed by atoms with E-state index in [1.54, 1.807) is 23.3 Å². The zero-order valence-electron chi connectivity index (χ0n) is 24.3. The number of hydrogen-bond donors (Lipinski definition) is 1. The first-order valence-corrected chi connectivity index (χ1v) is 17.7. The van der Waals surface area contributed by atoms with E-state index in [9.17, 15) is 21.6 Å². The highest BCUT2D eigenvalue weighted by Crippen LogP contribution is 2.66. The number of fused-ring (bicyclic) bond motifs is 2. The smallest absolute Gasteiger partial charge is 0.237 e. The minimum Gasteiger partial charge on any atom is -0.369 e. The Balaban J connectivity index is 1.49. The summed E-state index contributed by atoms with van der Waals surface area (Å²) in [6, 6.07) is 7.33. The highest BCUT2D eigenvalue weighted by atomic mass is 32.2. The number of carbonyl (C=O) groups excluding carboxylic acids is 1. The molecule has 4 atom stereocenters. The van der Waals surface area contributed by atoms with Crippen LogP contribution >= 0.6 is 0 Å². The van der Waals surface area contributed by atoms with Crippen molar-refractivity contribution in [1.29, 1.82) is 0 Å². The molecule has 1 aromatic rings. The molecular weight excluding hydrogens is 536 g/mol. The first-order chi connectivity index (χ1) is 18.1. The topological polar surface area (TPSA) is 107 Å². The summed E-state index contributed by atoms with van der Waals surface area (Å²) < 4.78 is 53.0. The number of sulfonamides is 1. The van der Waals surface area contributed by atoms with Crippen molar-refractivity contribution in [2.45, 2.75) is 58.5 Å². The van der Waals surface area contributed by atoms with E-state index in [-0.39, 0.29) is 35.3 Å². The Kier molecular flexibility index (Phi) is 8.50. The Morgan fingerprint density at radius 3 is 2.31 bits per heavy atom. The van der Waals surface area contributed by atoms with Crippen LogP contribution in [0.5, 0.6) is 0 Å². The van der Waals surface area contributed by atoms with E-state index in [4.69, 9.17) is 0 Å². The number of hydrogen-bond acceptors (Lipinski definition) is 7. The zero-order valence-corrected chi connectivity index (χ0v) is 25.9. The Labute approximate surface area is 235 Å². The Morgan fingerprint density at radius 1 is 1.10 bits per heavy atom. The van der Waals surface area contributed by atoms with Crippen LogP contribution in [0, 0.1) is 23.7 Å². The Hall–Kier alpha value is -1.69. The first kappa shape index (κ1) is 30.3. The van der Waals surface area contributed by atoms with Crippen LogP contribution in [-0.2, 0) is 24.7 Å². The third kappa shape index (κ3) is 6.01. The van der Waals surface area contributed by atoms with Gasteiger partial charge >= 0.3 is 0 Å². The van der Waals surface area contributed by atoms with Crippen LogP contribution < -0.4 is 10.2 Å². The lowest BCUT2D eigenvalue weighted by atomic mass is 9.69. The summed E-state index contributed by atoms with van der Waals surface area (Å²) >= 11 is 0. The van der Waals surface area contributed by atoms with E-state index >= 15 is 0 Å². The van der Waals surface area contributed by atoms with E-state index < -0.39 is 31.3 Å². The predicted octanol–water partition coefficient (Wildman–Crippen LogP) is 2.12. The van der Waals surface area contributed by atoms with Gasteiger partial charge in [0.15, 0.2) is 0 Å². The lowest BCUT2D eigenvalue weighted by molar-refractivity contribution is -0.127. The number of nitrogens with one attached hydrogen (secondary N) is 1. The molecule has 0 radical (unpaired) electrons. The van der Waals surface area contributed by atoms with Crippen LogP contribution in [0.1, 0.15) is 45.1 Å². The molecule has 4 rings (SSSR count). The van der Waals surface area contributed by atoms with E-state index in [1.807, 2.05) is 12.1 Å². The van der Waals surface area contributed by atoms with Gasteiger partial charge < -0.3 is 10.2 Å². The van der Waals surface area contributed by atoms with Crippen molar-refractivity contribution in [1.82, 2.24) is 14.5 Å². The highest BCUT2D eigenvalue weighted by Gasteiger charge is 2.66. The van der Waals surface area contributed by atoms with Crippen molar-refractivity contribution in [3.63, 3.8) is 0 Å². The summed E-state index contributed by atoms with van der Waals surface area (Å²) in [6.45, 7) is 8.59. The standard InChI is InChI=1S/C28H46N4O5S2/c1-21-9-7-8-10-23(21)31-14-16-32(17-15-31)39(36,37)20-28-13-11-22(27(28,2)3)19-25(28)29-26(33)24(30(4)5)12-18-38(6,34)35/h7-10,22,24-25H,11-20H2,1-6H3,(H,29,33)/t22?,24-,25?,28?/m0/s1. The minimum absolute atomic E-state index is 0.0226. The van der Waals surface area contributed by atoms with Gasteiger partial charge in [-0.1, -0.05) is 32.0 Å². The van der Waals surface area contributed by atoms with Crippen molar-refractivity contribution in [3.8, 4) is 0 Å². The molecule has 11 heteroatoms. The SMILES string of the molecule is Cc1ccccc1N1CCN(S(=O)(=O)CC23CCC(CC2NC(=O)[C@H](CCS(C)(=O)=O)N(C)C)C3(C)C)CC1. The van der Waals surface area contributed by atoms with Crippen LogP contribution in [0.15, 0.2) is 24.3 Å². The average molecular weight is 583 g/mol. The van der Waals surface area contributed by atoms with Gasteiger partial charge in [-0.05, 0) is 69.7 Å². The zero-order chi connectivity index (χ0) is 28.8. The molecule has 0 spiro atoms. The number of benzene rings is 1. The fourth-order valence-electron chi connectivity index (χ4n) is 7.38. The molecule has 1 amide bonds. The van der Waals surface area contributed by atoms with Crippen molar-refractivity contribution < 1.29 is 21.6 Å². The summed E-state index contributed by atoms with van der Waals surface area (Å²) in [6.07, 6.45) is 3.85. The molecule has 1 heterocycles. The second-order valence-electron chi connectivity index (χ2n) is 12.7. The molecule has 3 aliphatic rings. The molecule has 2 saturated carbocycles. The number of likely N-dealkylation sites (N-methyl/N-ethyl adjacent to an activating group) is 1. The number of rotatable bonds is 10. The Morgan fingerprint density at radius 2 is 1.74 bits per heavy atom. The van der Waals surface area contributed by atoms with Gasteiger partial charge in [0, 0.05) is 49.6 Å². The Bertz CT molecular complexity index is 1270. The van der Waals surface area contributed by atoms with Crippen LogP contribution in [0.4, 0.5) is 5.69 Å². The number of anilines is 1.